The fourth-order valence-electron chi connectivity index (χ4n) is 2.19. The number of nitrogens with one attached hydrogen (secondary N) is 2. The molecule has 1 aliphatic rings. The van der Waals surface area contributed by atoms with Crippen LogP contribution in [0.1, 0.15) is 20.3 Å². The normalized spacial score (nSPS) is 17.4. The van der Waals surface area contributed by atoms with Crippen LogP contribution < -0.4 is 10.6 Å². The van der Waals surface area contributed by atoms with Gasteiger partial charge in [-0.15, -0.1) is 0 Å². The third-order valence-electron chi connectivity index (χ3n) is 3.63. The van der Waals surface area contributed by atoms with Crippen molar-refractivity contribution in [2.24, 2.45) is 4.99 Å². The number of esters is 1. The number of aliphatic imine (C=N–C) groups is 1. The molecule has 7 nitrogen and oxygen atoms in total. The van der Waals surface area contributed by atoms with Gasteiger partial charge in [0.1, 0.15) is 0 Å². The molecule has 1 rings (SSSR count). The molecule has 7 heteroatoms. The number of nitrogens with zero attached hydrogens (tertiary/aromatic N) is 2. The van der Waals surface area contributed by atoms with Gasteiger partial charge in [0, 0.05) is 38.8 Å². The summed E-state index contributed by atoms with van der Waals surface area (Å²) < 4.78 is 9.99. The van der Waals surface area contributed by atoms with Crippen LogP contribution in [0.5, 0.6) is 0 Å². The summed E-state index contributed by atoms with van der Waals surface area (Å²) in [7, 11) is 3.11. The second kappa shape index (κ2) is 8.84. The van der Waals surface area contributed by atoms with Gasteiger partial charge in [0.05, 0.1) is 26.7 Å². The minimum atomic E-state index is -0.230. The molecule has 0 aromatic rings. The zero-order chi connectivity index (χ0) is 15.7. The molecule has 0 unspecified atom stereocenters. The van der Waals surface area contributed by atoms with E-state index in [1.807, 2.05) is 0 Å². The lowest BCUT2D eigenvalue weighted by molar-refractivity contribution is -0.140. The Morgan fingerprint density at radius 2 is 2.00 bits per heavy atom. The smallest absolute Gasteiger partial charge is 0.307 e. The van der Waals surface area contributed by atoms with Crippen LogP contribution in [0.15, 0.2) is 4.99 Å². The number of ether oxygens (including phenoxy) is 2. The van der Waals surface area contributed by atoms with Gasteiger partial charge in [-0.3, -0.25) is 14.7 Å². The standard InChI is InChI=1S/C14H28N4O3/c1-14(2,18-7-9-21-10-8-18)11-17-13(15-3)16-6-5-12(19)20-4/h5-11H2,1-4H3,(H2,15,16,17). The van der Waals surface area contributed by atoms with Crippen molar-refractivity contribution in [3.05, 3.63) is 0 Å². The van der Waals surface area contributed by atoms with Crippen LogP contribution in [0.3, 0.4) is 0 Å². The van der Waals surface area contributed by atoms with Crippen LogP contribution in [-0.2, 0) is 14.3 Å². The van der Waals surface area contributed by atoms with Gasteiger partial charge in [0.15, 0.2) is 5.96 Å². The average Bonchev–Trinajstić information content (AvgIpc) is 2.51. The lowest BCUT2D eigenvalue weighted by atomic mass is 10.0. The predicted octanol–water partition coefficient (Wildman–Crippen LogP) is -0.175. The number of hydrogen-bond donors (Lipinski definition) is 2. The van der Waals surface area contributed by atoms with Gasteiger partial charge in [-0.2, -0.15) is 0 Å². The average molecular weight is 300 g/mol. The Morgan fingerprint density at radius 3 is 2.57 bits per heavy atom. The van der Waals surface area contributed by atoms with Gasteiger partial charge in [-0.1, -0.05) is 0 Å². The lowest BCUT2D eigenvalue weighted by Crippen LogP contribution is -2.56. The molecule has 0 radical (unpaired) electrons. The molecule has 0 aromatic carbocycles. The van der Waals surface area contributed by atoms with E-state index in [0.717, 1.165) is 32.8 Å². The molecule has 0 spiro atoms. The number of guanidine groups is 1. The maximum atomic E-state index is 11.1. The highest BCUT2D eigenvalue weighted by atomic mass is 16.5. The fraction of sp³-hybridized carbons (Fsp3) is 0.857. The van der Waals surface area contributed by atoms with Crippen LogP contribution in [0, 0.1) is 0 Å². The van der Waals surface area contributed by atoms with Gasteiger partial charge in [0.2, 0.25) is 0 Å². The summed E-state index contributed by atoms with van der Waals surface area (Å²) in [6.07, 6.45) is 0.323. The number of morpholine rings is 1. The SMILES string of the molecule is CN=C(NCCC(=O)OC)NCC(C)(C)N1CCOCC1. The maximum Gasteiger partial charge on any atom is 0.307 e. The summed E-state index contributed by atoms with van der Waals surface area (Å²) in [5, 5.41) is 6.41. The minimum absolute atomic E-state index is 0.0176. The Balaban J connectivity index is 2.34. The van der Waals surface area contributed by atoms with Crippen molar-refractivity contribution in [1.29, 1.82) is 0 Å². The van der Waals surface area contributed by atoms with E-state index in [1.165, 1.54) is 7.11 Å². The monoisotopic (exact) mass is 300 g/mol. The van der Waals surface area contributed by atoms with Gasteiger partial charge in [0.25, 0.3) is 0 Å². The number of carbonyl (C=O) groups is 1. The first-order valence-corrected chi connectivity index (χ1v) is 7.33. The van der Waals surface area contributed by atoms with E-state index in [-0.39, 0.29) is 11.5 Å². The van der Waals surface area contributed by atoms with Crippen LogP contribution >= 0.6 is 0 Å². The Bertz CT molecular complexity index is 352. The first-order chi connectivity index (χ1) is 9.99. The highest BCUT2D eigenvalue weighted by molar-refractivity contribution is 5.80. The van der Waals surface area contributed by atoms with E-state index >= 15 is 0 Å². The first-order valence-electron chi connectivity index (χ1n) is 7.33. The Labute approximate surface area is 127 Å². The summed E-state index contributed by atoms with van der Waals surface area (Å²) >= 11 is 0. The first kappa shape index (κ1) is 17.7. The fourth-order valence-corrected chi connectivity index (χ4v) is 2.19. The molecule has 1 heterocycles. The molecule has 21 heavy (non-hydrogen) atoms. The van der Waals surface area contributed by atoms with E-state index in [1.54, 1.807) is 7.05 Å². The molecule has 0 amide bonds. The zero-order valence-corrected chi connectivity index (χ0v) is 13.6. The highest BCUT2D eigenvalue weighted by Gasteiger charge is 2.28. The second-order valence-electron chi connectivity index (χ2n) is 5.59. The summed E-state index contributed by atoms with van der Waals surface area (Å²) in [6.45, 7) is 9.15. The molecule has 0 aromatic heterocycles. The molecule has 122 valence electrons. The molecule has 1 fully saturated rings. The van der Waals surface area contributed by atoms with E-state index < -0.39 is 0 Å². The Hall–Kier alpha value is -1.34. The predicted molar refractivity (Wildman–Crippen MR) is 82.5 cm³/mol. The topological polar surface area (TPSA) is 75.2 Å². The summed E-state index contributed by atoms with van der Waals surface area (Å²) in [4.78, 5) is 17.6. The van der Waals surface area contributed by atoms with E-state index in [0.29, 0.717) is 18.9 Å². The lowest BCUT2D eigenvalue weighted by Gasteiger charge is -2.41. The number of hydrogen-bond acceptors (Lipinski definition) is 5. The zero-order valence-electron chi connectivity index (χ0n) is 13.6. The number of rotatable bonds is 6. The largest absolute Gasteiger partial charge is 0.469 e. The van der Waals surface area contributed by atoms with Crippen LogP contribution in [0.2, 0.25) is 0 Å². The van der Waals surface area contributed by atoms with Gasteiger partial charge in [-0.25, -0.2) is 0 Å². The van der Waals surface area contributed by atoms with Crippen molar-refractivity contribution >= 4 is 11.9 Å². The third kappa shape index (κ3) is 6.31. The van der Waals surface area contributed by atoms with Gasteiger partial charge < -0.3 is 20.1 Å². The second-order valence-corrected chi connectivity index (χ2v) is 5.59. The number of carbonyl (C=O) groups excluding carboxylic acids is 1. The third-order valence-corrected chi connectivity index (χ3v) is 3.63. The van der Waals surface area contributed by atoms with Crippen LogP contribution in [0.4, 0.5) is 0 Å². The molecular formula is C14H28N4O3. The van der Waals surface area contributed by atoms with Gasteiger partial charge in [-0.05, 0) is 13.8 Å². The highest BCUT2D eigenvalue weighted by Crippen LogP contribution is 2.14. The van der Waals surface area contributed by atoms with Gasteiger partial charge >= 0.3 is 5.97 Å². The molecule has 0 saturated carbocycles. The molecule has 2 N–H and O–H groups in total. The molecule has 0 atom stereocenters. The van der Waals surface area contributed by atoms with Crippen molar-refractivity contribution in [2.45, 2.75) is 25.8 Å². The molecular weight excluding hydrogens is 272 g/mol. The van der Waals surface area contributed by atoms with Crippen LogP contribution in [-0.4, -0.2) is 75.9 Å². The molecule has 0 aliphatic carbocycles. The van der Waals surface area contributed by atoms with Crippen molar-refractivity contribution in [3.63, 3.8) is 0 Å². The Kier molecular flexibility index (Phi) is 7.45. The number of methoxy groups -OCH3 is 1. The quantitative estimate of drug-likeness (QED) is 0.403. The van der Waals surface area contributed by atoms with Crippen molar-refractivity contribution < 1.29 is 14.3 Å². The van der Waals surface area contributed by atoms with E-state index in [9.17, 15) is 4.79 Å². The van der Waals surface area contributed by atoms with E-state index in [2.05, 4.69) is 39.1 Å². The Morgan fingerprint density at radius 1 is 1.33 bits per heavy atom. The summed E-state index contributed by atoms with van der Waals surface area (Å²) in [5.74, 6) is 0.465. The molecule has 0 bridgehead atoms. The van der Waals surface area contributed by atoms with Crippen molar-refractivity contribution in [2.75, 3.05) is 53.6 Å². The summed E-state index contributed by atoms with van der Waals surface area (Å²) in [6, 6.07) is 0. The minimum Gasteiger partial charge on any atom is -0.469 e. The van der Waals surface area contributed by atoms with Crippen LogP contribution in [0.25, 0.3) is 0 Å². The molecule has 1 aliphatic heterocycles. The molecule has 1 saturated heterocycles. The summed E-state index contributed by atoms with van der Waals surface area (Å²) in [5.41, 5.74) is 0.0176. The maximum absolute atomic E-state index is 11.1. The van der Waals surface area contributed by atoms with E-state index in [4.69, 9.17) is 4.74 Å². The van der Waals surface area contributed by atoms with Crippen molar-refractivity contribution in [3.8, 4) is 0 Å². The van der Waals surface area contributed by atoms with Crippen molar-refractivity contribution in [1.82, 2.24) is 15.5 Å².